The second-order valence-electron chi connectivity index (χ2n) is 5.20. The molecule has 0 aromatic heterocycles. The van der Waals surface area contributed by atoms with Crippen molar-refractivity contribution in [3.05, 3.63) is 72.3 Å². The predicted octanol–water partition coefficient (Wildman–Crippen LogP) is 4.63. The molecule has 3 aromatic carbocycles. The van der Waals surface area contributed by atoms with Gasteiger partial charge in [-0.3, -0.25) is 0 Å². The largest absolute Gasteiger partial charge is 0.380 e. The van der Waals surface area contributed by atoms with Crippen LogP contribution in [0.5, 0.6) is 0 Å². The molecule has 0 atom stereocenters. The Bertz CT molecular complexity index is 825. The van der Waals surface area contributed by atoms with Crippen molar-refractivity contribution in [2.24, 2.45) is 0 Å². The number of nitrogens with one attached hydrogen (secondary N) is 2. The fourth-order valence-corrected chi connectivity index (χ4v) is 2.53. The van der Waals surface area contributed by atoms with Crippen molar-refractivity contribution in [3.63, 3.8) is 0 Å². The Balaban J connectivity index is 1.79. The minimum absolute atomic E-state index is 0.273. The molecule has 0 unspecified atom stereocenters. The Kier molecular flexibility index (Phi) is 4.54. The highest BCUT2D eigenvalue weighted by molar-refractivity contribution is 6.06. The normalized spacial score (nSPS) is 10.5. The van der Waals surface area contributed by atoms with Gasteiger partial charge in [-0.2, -0.15) is 0 Å². The molecule has 0 fully saturated rings. The van der Waals surface area contributed by atoms with Gasteiger partial charge in [0, 0.05) is 23.7 Å². The minimum atomic E-state index is -0.273. The zero-order valence-electron chi connectivity index (χ0n) is 12.9. The number of hydrogen-bond acceptors (Lipinski definition) is 2. The quantitative estimate of drug-likeness (QED) is 0.738. The lowest BCUT2D eigenvalue weighted by molar-refractivity contribution is 0.185. The average molecular weight is 306 g/mol. The molecule has 0 spiro atoms. The molecular weight excluding hydrogens is 288 g/mol. The summed E-state index contributed by atoms with van der Waals surface area (Å²) in [5, 5.41) is 7.89. The van der Waals surface area contributed by atoms with Crippen LogP contribution in [0.25, 0.3) is 10.8 Å². The number of benzene rings is 3. The SMILES string of the molecule is COCc1ccccc1NC(=O)Nc1cccc2ccccc12. The molecule has 0 heterocycles. The molecule has 0 saturated heterocycles. The van der Waals surface area contributed by atoms with Crippen LogP contribution in [-0.4, -0.2) is 13.1 Å². The van der Waals surface area contributed by atoms with E-state index in [1.54, 1.807) is 7.11 Å². The Morgan fingerprint density at radius 2 is 1.52 bits per heavy atom. The number of methoxy groups -OCH3 is 1. The van der Waals surface area contributed by atoms with E-state index in [1.807, 2.05) is 66.7 Å². The molecule has 0 aliphatic carbocycles. The molecule has 3 rings (SSSR count). The third-order valence-electron chi connectivity index (χ3n) is 3.60. The van der Waals surface area contributed by atoms with Crippen LogP contribution >= 0.6 is 0 Å². The van der Waals surface area contributed by atoms with Crippen molar-refractivity contribution < 1.29 is 9.53 Å². The van der Waals surface area contributed by atoms with Gasteiger partial charge in [0.15, 0.2) is 0 Å². The number of hydrogen-bond donors (Lipinski definition) is 2. The summed E-state index contributed by atoms with van der Waals surface area (Å²) in [5.41, 5.74) is 2.46. The number of ether oxygens (including phenoxy) is 1. The van der Waals surface area contributed by atoms with Crippen LogP contribution in [0, 0.1) is 0 Å². The van der Waals surface area contributed by atoms with Crippen molar-refractivity contribution in [1.29, 1.82) is 0 Å². The van der Waals surface area contributed by atoms with Crippen LogP contribution < -0.4 is 10.6 Å². The number of rotatable bonds is 4. The second-order valence-corrected chi connectivity index (χ2v) is 5.20. The van der Waals surface area contributed by atoms with Crippen molar-refractivity contribution in [2.75, 3.05) is 17.7 Å². The zero-order chi connectivity index (χ0) is 16.1. The number of para-hydroxylation sites is 1. The van der Waals surface area contributed by atoms with Gasteiger partial charge < -0.3 is 15.4 Å². The molecule has 0 saturated carbocycles. The topological polar surface area (TPSA) is 50.4 Å². The number of urea groups is 1. The number of carbonyl (C=O) groups excluding carboxylic acids is 1. The first-order valence-electron chi connectivity index (χ1n) is 7.40. The van der Waals surface area contributed by atoms with Crippen LogP contribution in [0.2, 0.25) is 0 Å². The second kappa shape index (κ2) is 6.94. The van der Waals surface area contributed by atoms with Gasteiger partial charge in [0.05, 0.1) is 12.3 Å². The van der Waals surface area contributed by atoms with E-state index in [0.717, 1.165) is 27.7 Å². The van der Waals surface area contributed by atoms with E-state index in [0.29, 0.717) is 6.61 Å². The minimum Gasteiger partial charge on any atom is -0.380 e. The molecule has 2 amide bonds. The van der Waals surface area contributed by atoms with E-state index >= 15 is 0 Å². The Labute approximate surface area is 135 Å². The summed E-state index contributed by atoms with van der Waals surface area (Å²) >= 11 is 0. The molecule has 4 heteroatoms. The van der Waals surface area contributed by atoms with E-state index in [1.165, 1.54) is 0 Å². The van der Waals surface area contributed by atoms with E-state index in [-0.39, 0.29) is 6.03 Å². The lowest BCUT2D eigenvalue weighted by Crippen LogP contribution is -2.20. The van der Waals surface area contributed by atoms with E-state index in [9.17, 15) is 4.79 Å². The first-order valence-corrected chi connectivity index (χ1v) is 7.40. The van der Waals surface area contributed by atoms with Crippen molar-refractivity contribution in [1.82, 2.24) is 0 Å². The zero-order valence-corrected chi connectivity index (χ0v) is 12.9. The Morgan fingerprint density at radius 3 is 2.39 bits per heavy atom. The fourth-order valence-electron chi connectivity index (χ4n) is 2.53. The Hall–Kier alpha value is -2.85. The average Bonchev–Trinajstić information content (AvgIpc) is 2.57. The molecule has 3 aromatic rings. The maximum Gasteiger partial charge on any atom is 0.323 e. The van der Waals surface area contributed by atoms with E-state index in [2.05, 4.69) is 10.6 Å². The lowest BCUT2D eigenvalue weighted by Gasteiger charge is -2.12. The molecular formula is C19H18N2O2. The van der Waals surface area contributed by atoms with Crippen LogP contribution in [0.15, 0.2) is 66.7 Å². The van der Waals surface area contributed by atoms with Crippen LogP contribution in [0.3, 0.4) is 0 Å². The molecule has 2 N–H and O–H groups in total. The highest BCUT2D eigenvalue weighted by Crippen LogP contribution is 2.23. The summed E-state index contributed by atoms with van der Waals surface area (Å²) < 4.78 is 5.15. The maximum absolute atomic E-state index is 12.3. The fraction of sp³-hybridized carbons (Fsp3) is 0.105. The standard InChI is InChI=1S/C19H18N2O2/c1-23-13-15-8-3-5-11-17(15)20-19(22)21-18-12-6-9-14-7-2-4-10-16(14)18/h2-12H,13H2,1H3,(H2,20,21,22). The Morgan fingerprint density at radius 1 is 0.870 bits per heavy atom. The summed E-state index contributed by atoms with van der Waals surface area (Å²) in [5.74, 6) is 0. The van der Waals surface area contributed by atoms with Crippen LogP contribution in [0.1, 0.15) is 5.56 Å². The van der Waals surface area contributed by atoms with E-state index in [4.69, 9.17) is 4.74 Å². The third kappa shape index (κ3) is 3.49. The number of carbonyl (C=O) groups is 1. The smallest absolute Gasteiger partial charge is 0.323 e. The van der Waals surface area contributed by atoms with Gasteiger partial charge in [0.2, 0.25) is 0 Å². The summed E-state index contributed by atoms with van der Waals surface area (Å²) in [6.45, 7) is 0.449. The van der Waals surface area contributed by atoms with Gasteiger partial charge in [-0.1, -0.05) is 54.6 Å². The van der Waals surface area contributed by atoms with Gasteiger partial charge in [-0.15, -0.1) is 0 Å². The van der Waals surface area contributed by atoms with E-state index < -0.39 is 0 Å². The van der Waals surface area contributed by atoms with Crippen molar-refractivity contribution >= 4 is 28.2 Å². The summed E-state index contributed by atoms with van der Waals surface area (Å²) in [6, 6.07) is 21.1. The molecule has 0 aliphatic rings. The van der Waals surface area contributed by atoms with Gasteiger partial charge >= 0.3 is 6.03 Å². The predicted molar refractivity (Wildman–Crippen MR) is 93.7 cm³/mol. The van der Waals surface area contributed by atoms with Crippen molar-refractivity contribution in [3.8, 4) is 0 Å². The maximum atomic E-state index is 12.3. The van der Waals surface area contributed by atoms with Gasteiger partial charge in [0.25, 0.3) is 0 Å². The molecule has 23 heavy (non-hydrogen) atoms. The summed E-state index contributed by atoms with van der Waals surface area (Å²) in [4.78, 5) is 12.3. The summed E-state index contributed by atoms with van der Waals surface area (Å²) in [6.07, 6.45) is 0. The van der Waals surface area contributed by atoms with Crippen LogP contribution in [0.4, 0.5) is 16.2 Å². The third-order valence-corrected chi connectivity index (χ3v) is 3.60. The summed E-state index contributed by atoms with van der Waals surface area (Å²) in [7, 11) is 1.63. The first kappa shape index (κ1) is 15.1. The molecule has 0 aliphatic heterocycles. The molecule has 4 nitrogen and oxygen atoms in total. The highest BCUT2D eigenvalue weighted by atomic mass is 16.5. The lowest BCUT2D eigenvalue weighted by atomic mass is 10.1. The van der Waals surface area contributed by atoms with Crippen molar-refractivity contribution in [2.45, 2.75) is 6.61 Å². The number of amides is 2. The van der Waals surface area contributed by atoms with Gasteiger partial charge in [-0.05, 0) is 17.5 Å². The first-order chi connectivity index (χ1) is 11.3. The number of fused-ring (bicyclic) bond motifs is 1. The van der Waals surface area contributed by atoms with Gasteiger partial charge in [-0.25, -0.2) is 4.79 Å². The monoisotopic (exact) mass is 306 g/mol. The number of anilines is 2. The van der Waals surface area contributed by atoms with Gasteiger partial charge in [0.1, 0.15) is 0 Å². The molecule has 116 valence electrons. The highest BCUT2D eigenvalue weighted by Gasteiger charge is 2.08. The molecule has 0 radical (unpaired) electrons. The molecule has 0 bridgehead atoms. The van der Waals surface area contributed by atoms with Crippen LogP contribution in [-0.2, 0) is 11.3 Å².